The van der Waals surface area contributed by atoms with Crippen LogP contribution >= 0.6 is 11.8 Å². The molecule has 114 valence electrons. The number of hydrogen-bond donors (Lipinski definition) is 0. The SMILES string of the molecule is CSc1ccc([N+](=O)[O-])c(C(=O)N(C)C2CCCCC2)c1. The molecule has 2 rings (SSSR count). The number of carbonyl (C=O) groups excluding carboxylic acids is 1. The maximum absolute atomic E-state index is 12.6. The minimum atomic E-state index is -0.480. The van der Waals surface area contributed by atoms with Gasteiger partial charge in [-0.25, -0.2) is 0 Å². The van der Waals surface area contributed by atoms with Gasteiger partial charge in [0.25, 0.3) is 11.6 Å². The number of benzene rings is 1. The van der Waals surface area contributed by atoms with E-state index >= 15 is 0 Å². The van der Waals surface area contributed by atoms with Crippen LogP contribution in [-0.4, -0.2) is 35.1 Å². The van der Waals surface area contributed by atoms with Crippen LogP contribution in [0.1, 0.15) is 42.5 Å². The smallest absolute Gasteiger partial charge is 0.282 e. The highest BCUT2D eigenvalue weighted by molar-refractivity contribution is 7.98. The number of thioether (sulfide) groups is 1. The molecular weight excluding hydrogens is 288 g/mol. The zero-order valence-electron chi connectivity index (χ0n) is 12.4. The highest BCUT2D eigenvalue weighted by Crippen LogP contribution is 2.28. The lowest BCUT2D eigenvalue weighted by Gasteiger charge is -2.31. The molecule has 5 nitrogen and oxygen atoms in total. The van der Waals surface area contributed by atoms with Crippen molar-refractivity contribution in [1.29, 1.82) is 0 Å². The van der Waals surface area contributed by atoms with Crippen molar-refractivity contribution in [3.63, 3.8) is 0 Å². The molecule has 0 aromatic heterocycles. The van der Waals surface area contributed by atoms with Crippen LogP contribution in [0.15, 0.2) is 23.1 Å². The van der Waals surface area contributed by atoms with Crippen LogP contribution in [0.4, 0.5) is 5.69 Å². The average Bonchev–Trinajstić information content (AvgIpc) is 2.53. The number of nitro benzene ring substituents is 1. The number of rotatable bonds is 4. The zero-order chi connectivity index (χ0) is 15.4. The second-order valence-corrected chi connectivity index (χ2v) is 6.23. The molecule has 0 bridgehead atoms. The molecule has 21 heavy (non-hydrogen) atoms. The standard InChI is InChI=1S/C15H20N2O3S/c1-16(11-6-4-3-5-7-11)15(18)13-10-12(21-2)8-9-14(13)17(19)20/h8-11H,3-7H2,1-2H3. The Kier molecular flexibility index (Phi) is 5.22. The quantitative estimate of drug-likeness (QED) is 0.483. The van der Waals surface area contributed by atoms with Crippen molar-refractivity contribution in [2.45, 2.75) is 43.0 Å². The molecule has 1 aromatic rings. The number of nitro groups is 1. The first-order valence-electron chi connectivity index (χ1n) is 7.14. The predicted octanol–water partition coefficient (Wildman–Crippen LogP) is 3.72. The maximum atomic E-state index is 12.6. The van der Waals surface area contributed by atoms with Crippen molar-refractivity contribution in [3.8, 4) is 0 Å². The summed E-state index contributed by atoms with van der Waals surface area (Å²) in [5, 5.41) is 11.2. The topological polar surface area (TPSA) is 63.5 Å². The van der Waals surface area contributed by atoms with Gasteiger partial charge in [-0.3, -0.25) is 14.9 Å². The van der Waals surface area contributed by atoms with Gasteiger partial charge in [0.1, 0.15) is 5.56 Å². The molecule has 1 fully saturated rings. The molecule has 0 unspecified atom stereocenters. The first-order chi connectivity index (χ1) is 10.0. The van der Waals surface area contributed by atoms with Gasteiger partial charge in [0.15, 0.2) is 0 Å². The third kappa shape index (κ3) is 3.56. The lowest BCUT2D eigenvalue weighted by Crippen LogP contribution is -2.38. The molecule has 0 N–H and O–H groups in total. The Bertz CT molecular complexity index is 542. The lowest BCUT2D eigenvalue weighted by atomic mass is 9.94. The van der Waals surface area contributed by atoms with Gasteiger partial charge in [-0.1, -0.05) is 19.3 Å². The van der Waals surface area contributed by atoms with Gasteiger partial charge in [0.05, 0.1) is 4.92 Å². The molecule has 1 saturated carbocycles. The normalized spacial score (nSPS) is 15.7. The monoisotopic (exact) mass is 308 g/mol. The Hall–Kier alpha value is -1.56. The largest absolute Gasteiger partial charge is 0.339 e. The van der Waals surface area contributed by atoms with Crippen LogP contribution < -0.4 is 0 Å². The van der Waals surface area contributed by atoms with E-state index in [2.05, 4.69) is 0 Å². The first-order valence-corrected chi connectivity index (χ1v) is 8.36. The predicted molar refractivity (Wildman–Crippen MR) is 83.8 cm³/mol. The molecule has 1 aliphatic rings. The van der Waals surface area contributed by atoms with Crippen molar-refractivity contribution in [2.24, 2.45) is 0 Å². The Morgan fingerprint density at radius 1 is 1.33 bits per heavy atom. The van der Waals surface area contributed by atoms with E-state index < -0.39 is 4.92 Å². The van der Waals surface area contributed by atoms with Gasteiger partial charge < -0.3 is 4.90 Å². The highest BCUT2D eigenvalue weighted by Gasteiger charge is 2.28. The summed E-state index contributed by atoms with van der Waals surface area (Å²) in [7, 11) is 1.76. The summed E-state index contributed by atoms with van der Waals surface area (Å²) in [4.78, 5) is 25.9. The maximum Gasteiger partial charge on any atom is 0.282 e. The summed E-state index contributed by atoms with van der Waals surface area (Å²) in [6, 6.07) is 4.93. The molecule has 1 amide bonds. The molecule has 0 saturated heterocycles. The van der Waals surface area contributed by atoms with E-state index in [0.717, 1.165) is 30.6 Å². The van der Waals surface area contributed by atoms with Crippen LogP contribution in [-0.2, 0) is 0 Å². The van der Waals surface area contributed by atoms with Crippen molar-refractivity contribution >= 4 is 23.4 Å². The molecular formula is C15H20N2O3S. The van der Waals surface area contributed by atoms with E-state index in [9.17, 15) is 14.9 Å². The van der Waals surface area contributed by atoms with Gasteiger partial charge in [-0.15, -0.1) is 11.8 Å². The van der Waals surface area contributed by atoms with Crippen molar-refractivity contribution < 1.29 is 9.72 Å². The van der Waals surface area contributed by atoms with E-state index in [0.29, 0.717) is 0 Å². The fourth-order valence-electron chi connectivity index (χ4n) is 2.80. The number of amides is 1. The second-order valence-electron chi connectivity index (χ2n) is 5.35. The van der Waals surface area contributed by atoms with Crippen LogP contribution in [0, 0.1) is 10.1 Å². The van der Waals surface area contributed by atoms with E-state index in [4.69, 9.17) is 0 Å². The third-order valence-electron chi connectivity index (χ3n) is 4.07. The molecule has 0 aliphatic heterocycles. The highest BCUT2D eigenvalue weighted by atomic mass is 32.2. The minimum Gasteiger partial charge on any atom is -0.339 e. The zero-order valence-corrected chi connectivity index (χ0v) is 13.2. The van der Waals surface area contributed by atoms with Crippen molar-refractivity contribution in [2.75, 3.05) is 13.3 Å². The van der Waals surface area contributed by atoms with Gasteiger partial charge in [-0.2, -0.15) is 0 Å². The van der Waals surface area contributed by atoms with Crippen molar-refractivity contribution in [1.82, 2.24) is 4.90 Å². The molecule has 6 heteroatoms. The van der Waals surface area contributed by atoms with Crippen molar-refractivity contribution in [3.05, 3.63) is 33.9 Å². The van der Waals surface area contributed by atoms with Crippen LogP contribution in [0.2, 0.25) is 0 Å². The summed E-state index contributed by atoms with van der Waals surface area (Å²) in [6.45, 7) is 0. The van der Waals surface area contributed by atoms with Gasteiger partial charge in [0.2, 0.25) is 0 Å². The fourth-order valence-corrected chi connectivity index (χ4v) is 3.24. The summed E-state index contributed by atoms with van der Waals surface area (Å²) in [6.07, 6.45) is 7.31. The van der Waals surface area contributed by atoms with E-state index in [1.807, 2.05) is 6.26 Å². The number of carbonyl (C=O) groups is 1. The minimum absolute atomic E-state index is 0.111. The molecule has 1 aromatic carbocycles. The lowest BCUT2D eigenvalue weighted by molar-refractivity contribution is -0.385. The van der Waals surface area contributed by atoms with Gasteiger partial charge >= 0.3 is 0 Å². The summed E-state index contributed by atoms with van der Waals surface area (Å²) in [5.41, 5.74) is 0.0837. The third-order valence-corrected chi connectivity index (χ3v) is 4.80. The van der Waals surface area contributed by atoms with E-state index in [-0.39, 0.29) is 23.2 Å². The number of nitrogens with zero attached hydrogens (tertiary/aromatic N) is 2. The molecule has 0 heterocycles. The number of hydrogen-bond acceptors (Lipinski definition) is 4. The summed E-state index contributed by atoms with van der Waals surface area (Å²) >= 11 is 1.47. The molecule has 1 aliphatic carbocycles. The second kappa shape index (κ2) is 6.93. The Morgan fingerprint density at radius 2 is 2.00 bits per heavy atom. The fraction of sp³-hybridized carbons (Fsp3) is 0.533. The summed E-state index contributed by atoms with van der Waals surface area (Å²) in [5.74, 6) is -0.246. The van der Waals surface area contributed by atoms with Gasteiger partial charge in [-0.05, 0) is 31.2 Å². The molecule has 0 atom stereocenters. The van der Waals surface area contributed by atoms with Crippen LogP contribution in [0.3, 0.4) is 0 Å². The average molecular weight is 308 g/mol. The Balaban J connectivity index is 2.29. The van der Waals surface area contributed by atoms with E-state index in [1.165, 1.54) is 24.2 Å². The Morgan fingerprint density at radius 3 is 2.57 bits per heavy atom. The van der Waals surface area contributed by atoms with Crippen LogP contribution in [0.25, 0.3) is 0 Å². The van der Waals surface area contributed by atoms with Gasteiger partial charge in [0, 0.05) is 24.1 Å². The molecule has 0 spiro atoms. The molecule has 0 radical (unpaired) electrons. The summed E-state index contributed by atoms with van der Waals surface area (Å²) < 4.78 is 0. The van der Waals surface area contributed by atoms with E-state index in [1.54, 1.807) is 24.1 Å². The van der Waals surface area contributed by atoms with Crippen LogP contribution in [0.5, 0.6) is 0 Å². The Labute approximate surface area is 128 Å². The first kappa shape index (κ1) is 15.8.